The summed E-state index contributed by atoms with van der Waals surface area (Å²) in [6.45, 7) is 2.92. The molecule has 23 heavy (non-hydrogen) atoms. The smallest absolute Gasteiger partial charge is 0.338 e. The minimum atomic E-state index is -3.82. The van der Waals surface area contributed by atoms with Crippen molar-refractivity contribution in [1.82, 2.24) is 5.32 Å². The normalized spacial score (nSPS) is 11.1. The maximum atomic E-state index is 11.8. The van der Waals surface area contributed by atoms with E-state index in [0.717, 1.165) is 24.5 Å². The van der Waals surface area contributed by atoms with Crippen LogP contribution in [0.2, 0.25) is 0 Å². The molecule has 0 aromatic heterocycles. The molecule has 0 unspecified atom stereocenters. The predicted molar refractivity (Wildman–Crippen MR) is 79.8 cm³/mol. The Morgan fingerprint density at radius 2 is 1.96 bits per heavy atom. The van der Waals surface area contributed by atoms with Gasteiger partial charge in [0.15, 0.2) is 16.4 Å². The quantitative estimate of drug-likeness (QED) is 0.456. The molecule has 1 amide bonds. The van der Waals surface area contributed by atoms with E-state index >= 15 is 0 Å². The minimum absolute atomic E-state index is 0.128. The lowest BCUT2D eigenvalue weighted by Gasteiger charge is -2.09. The van der Waals surface area contributed by atoms with Crippen LogP contribution in [-0.4, -0.2) is 44.1 Å². The van der Waals surface area contributed by atoms with Crippen LogP contribution < -0.4 is 5.32 Å². The summed E-state index contributed by atoms with van der Waals surface area (Å²) in [5.74, 6) is -1.48. The van der Waals surface area contributed by atoms with Crippen LogP contribution in [0, 0.1) is 10.1 Å². The molecule has 0 saturated heterocycles. The van der Waals surface area contributed by atoms with Gasteiger partial charge in [-0.1, -0.05) is 0 Å². The van der Waals surface area contributed by atoms with Crippen molar-refractivity contribution < 1.29 is 27.7 Å². The van der Waals surface area contributed by atoms with Crippen molar-refractivity contribution in [3.05, 3.63) is 33.9 Å². The van der Waals surface area contributed by atoms with Crippen molar-refractivity contribution in [2.75, 3.05) is 12.9 Å². The first-order chi connectivity index (χ1) is 10.5. The van der Waals surface area contributed by atoms with Crippen LogP contribution in [0.3, 0.4) is 0 Å². The fourth-order valence-corrected chi connectivity index (χ4v) is 2.51. The number of carbonyl (C=O) groups excluding carboxylic acids is 2. The number of nitro benzene ring substituents is 1. The highest BCUT2D eigenvalue weighted by Crippen LogP contribution is 2.25. The van der Waals surface area contributed by atoms with E-state index in [1.165, 1.54) is 0 Å². The molecule has 0 heterocycles. The second-order valence-corrected chi connectivity index (χ2v) is 6.99. The van der Waals surface area contributed by atoms with Crippen LogP contribution in [0.5, 0.6) is 0 Å². The molecule has 0 fully saturated rings. The van der Waals surface area contributed by atoms with Crippen molar-refractivity contribution in [2.24, 2.45) is 0 Å². The number of benzene rings is 1. The number of ether oxygens (including phenoxy) is 1. The van der Waals surface area contributed by atoms with Crippen molar-refractivity contribution in [3.8, 4) is 0 Å². The summed E-state index contributed by atoms with van der Waals surface area (Å²) in [5.41, 5.74) is -0.949. The van der Waals surface area contributed by atoms with Gasteiger partial charge >= 0.3 is 5.97 Å². The van der Waals surface area contributed by atoms with Crippen LogP contribution in [0.15, 0.2) is 23.1 Å². The summed E-state index contributed by atoms with van der Waals surface area (Å²) in [6.07, 6.45) is 0.823. The molecular weight excluding hydrogens is 328 g/mol. The summed E-state index contributed by atoms with van der Waals surface area (Å²) in [6, 6.07) is 2.72. The Labute approximate surface area is 132 Å². The van der Waals surface area contributed by atoms with Crippen LogP contribution in [-0.2, 0) is 19.4 Å². The van der Waals surface area contributed by atoms with Gasteiger partial charge in [0, 0.05) is 18.4 Å². The molecule has 0 atom stereocenters. The molecule has 0 saturated carbocycles. The molecule has 1 aromatic rings. The summed E-state index contributed by atoms with van der Waals surface area (Å²) < 4.78 is 27.7. The Kier molecular flexibility index (Phi) is 5.79. The average molecular weight is 344 g/mol. The Bertz CT molecular complexity index is 741. The van der Waals surface area contributed by atoms with Gasteiger partial charge in [0.25, 0.3) is 11.6 Å². The van der Waals surface area contributed by atoms with Crippen molar-refractivity contribution in [3.63, 3.8) is 0 Å². The molecule has 0 aliphatic rings. The standard InChI is InChI=1S/C13H16N2O7S/c1-8(2)14-12(16)7-22-13(17)9-4-5-11(23(3,20)21)10(6-9)15(18)19/h4-6,8H,7H2,1-3H3,(H,14,16). The Morgan fingerprint density at radius 1 is 1.35 bits per heavy atom. The Morgan fingerprint density at radius 3 is 2.43 bits per heavy atom. The first kappa shape index (κ1) is 18.6. The number of carbonyl (C=O) groups is 2. The summed E-state index contributed by atoms with van der Waals surface area (Å²) in [5, 5.41) is 13.5. The lowest BCUT2D eigenvalue weighted by atomic mass is 10.2. The molecule has 1 N–H and O–H groups in total. The van der Waals surface area contributed by atoms with E-state index in [9.17, 15) is 28.1 Å². The SMILES string of the molecule is CC(C)NC(=O)COC(=O)c1ccc(S(C)(=O)=O)c([N+](=O)[O-])c1. The fourth-order valence-electron chi connectivity index (χ4n) is 1.68. The maximum absolute atomic E-state index is 11.8. The second-order valence-electron chi connectivity index (χ2n) is 5.01. The van der Waals surface area contributed by atoms with Crippen LogP contribution in [0.1, 0.15) is 24.2 Å². The fraction of sp³-hybridized carbons (Fsp3) is 0.385. The lowest BCUT2D eigenvalue weighted by Crippen LogP contribution is -2.34. The molecule has 0 aliphatic carbocycles. The topological polar surface area (TPSA) is 133 Å². The molecule has 0 spiro atoms. The highest BCUT2D eigenvalue weighted by atomic mass is 32.2. The van der Waals surface area contributed by atoms with Gasteiger partial charge in [0.1, 0.15) is 4.90 Å². The van der Waals surface area contributed by atoms with Gasteiger partial charge in [-0.3, -0.25) is 14.9 Å². The average Bonchev–Trinajstić information content (AvgIpc) is 2.42. The van der Waals surface area contributed by atoms with Gasteiger partial charge in [-0.2, -0.15) is 0 Å². The van der Waals surface area contributed by atoms with E-state index in [0.29, 0.717) is 0 Å². The summed E-state index contributed by atoms with van der Waals surface area (Å²) in [4.78, 5) is 32.7. The predicted octanol–water partition coefficient (Wildman–Crippen LogP) is 0.680. The molecule has 0 radical (unpaired) electrons. The van der Waals surface area contributed by atoms with Crippen LogP contribution >= 0.6 is 0 Å². The molecule has 1 rings (SSSR count). The molecular formula is C13H16N2O7S. The summed E-state index contributed by atoms with van der Waals surface area (Å²) in [7, 11) is -3.82. The van der Waals surface area contributed by atoms with Crippen molar-refractivity contribution in [2.45, 2.75) is 24.8 Å². The Balaban J connectivity index is 2.97. The van der Waals surface area contributed by atoms with E-state index < -0.39 is 43.8 Å². The number of esters is 1. The van der Waals surface area contributed by atoms with Gasteiger partial charge in [0.2, 0.25) is 0 Å². The van der Waals surface area contributed by atoms with E-state index in [-0.39, 0.29) is 11.6 Å². The van der Waals surface area contributed by atoms with Gasteiger partial charge in [-0.05, 0) is 26.0 Å². The maximum Gasteiger partial charge on any atom is 0.338 e. The highest BCUT2D eigenvalue weighted by molar-refractivity contribution is 7.90. The third-order valence-corrected chi connectivity index (χ3v) is 3.72. The zero-order chi connectivity index (χ0) is 17.8. The largest absolute Gasteiger partial charge is 0.452 e. The molecule has 10 heteroatoms. The van der Waals surface area contributed by atoms with Gasteiger partial charge in [-0.25, -0.2) is 13.2 Å². The number of hydrogen-bond acceptors (Lipinski definition) is 7. The number of nitrogens with one attached hydrogen (secondary N) is 1. The third-order valence-electron chi connectivity index (χ3n) is 2.57. The molecule has 0 bridgehead atoms. The van der Waals surface area contributed by atoms with Crippen molar-refractivity contribution >= 4 is 27.4 Å². The van der Waals surface area contributed by atoms with E-state index in [1.807, 2.05) is 0 Å². The first-order valence-electron chi connectivity index (χ1n) is 6.47. The molecule has 126 valence electrons. The summed E-state index contributed by atoms with van der Waals surface area (Å²) >= 11 is 0. The van der Waals surface area contributed by atoms with Crippen molar-refractivity contribution in [1.29, 1.82) is 0 Å². The van der Waals surface area contributed by atoms with E-state index in [2.05, 4.69) is 5.32 Å². The van der Waals surface area contributed by atoms with Gasteiger partial charge in [0.05, 0.1) is 10.5 Å². The number of amides is 1. The molecule has 1 aromatic carbocycles. The Hall–Kier alpha value is -2.49. The number of nitrogens with zero attached hydrogens (tertiary/aromatic N) is 1. The second kappa shape index (κ2) is 7.18. The first-order valence-corrected chi connectivity index (χ1v) is 8.36. The zero-order valence-corrected chi connectivity index (χ0v) is 13.5. The molecule has 0 aliphatic heterocycles. The van der Waals surface area contributed by atoms with Crippen LogP contribution in [0.4, 0.5) is 5.69 Å². The zero-order valence-electron chi connectivity index (χ0n) is 12.7. The van der Waals surface area contributed by atoms with Gasteiger partial charge < -0.3 is 10.1 Å². The van der Waals surface area contributed by atoms with E-state index in [1.54, 1.807) is 13.8 Å². The van der Waals surface area contributed by atoms with Crippen LogP contribution in [0.25, 0.3) is 0 Å². The number of rotatable bonds is 6. The lowest BCUT2D eigenvalue weighted by molar-refractivity contribution is -0.387. The monoisotopic (exact) mass is 344 g/mol. The van der Waals surface area contributed by atoms with E-state index in [4.69, 9.17) is 4.74 Å². The number of hydrogen-bond donors (Lipinski definition) is 1. The number of nitro groups is 1. The highest BCUT2D eigenvalue weighted by Gasteiger charge is 2.24. The third kappa shape index (κ3) is 5.33. The number of sulfone groups is 1. The minimum Gasteiger partial charge on any atom is -0.452 e. The van der Waals surface area contributed by atoms with Gasteiger partial charge in [-0.15, -0.1) is 0 Å². The molecule has 9 nitrogen and oxygen atoms in total.